The van der Waals surface area contributed by atoms with Crippen molar-refractivity contribution in [3.63, 3.8) is 0 Å². The van der Waals surface area contributed by atoms with E-state index in [2.05, 4.69) is 21.0 Å². The molecule has 1 unspecified atom stereocenters. The molecule has 0 bridgehead atoms. The van der Waals surface area contributed by atoms with Crippen molar-refractivity contribution in [1.29, 1.82) is 0 Å². The molecule has 1 heterocycles. The van der Waals surface area contributed by atoms with Crippen LogP contribution in [0.15, 0.2) is 42.5 Å². The highest BCUT2D eigenvalue weighted by molar-refractivity contribution is 5.94. The first-order valence-corrected chi connectivity index (χ1v) is 9.28. The third-order valence-electron chi connectivity index (χ3n) is 4.36. The number of nitrogens with one attached hydrogen (secondary N) is 2. The summed E-state index contributed by atoms with van der Waals surface area (Å²) in [6.07, 6.45) is -0.914. The zero-order valence-electron chi connectivity index (χ0n) is 17.1. The number of benzene rings is 2. The lowest BCUT2D eigenvalue weighted by Gasteiger charge is -2.14. The quantitative estimate of drug-likeness (QED) is 0.629. The normalized spacial score (nSPS) is 11.6. The highest BCUT2D eigenvalue weighted by Crippen LogP contribution is 2.15. The Balaban J connectivity index is 1.62. The van der Waals surface area contributed by atoms with Crippen molar-refractivity contribution in [2.24, 2.45) is 0 Å². The van der Waals surface area contributed by atoms with E-state index >= 15 is 0 Å². The summed E-state index contributed by atoms with van der Waals surface area (Å²) in [6.45, 7) is 7.08. The lowest BCUT2D eigenvalue weighted by molar-refractivity contribution is -0.128. The van der Waals surface area contributed by atoms with E-state index in [9.17, 15) is 14.0 Å². The Bertz CT molecular complexity index is 1080. The fraction of sp³-hybridized carbons (Fsp3) is 0.238. The van der Waals surface area contributed by atoms with Crippen LogP contribution in [-0.2, 0) is 4.79 Å². The largest absolute Gasteiger partial charge is 0.481 e. The summed E-state index contributed by atoms with van der Waals surface area (Å²) in [4.78, 5) is 26.0. The molecule has 8 nitrogen and oxygen atoms in total. The van der Waals surface area contributed by atoms with E-state index in [1.165, 1.54) is 36.0 Å². The highest BCUT2D eigenvalue weighted by atomic mass is 19.1. The van der Waals surface area contributed by atoms with Gasteiger partial charge in [-0.3, -0.25) is 20.4 Å². The molecule has 1 aromatic heterocycles. The number of ether oxygens (including phenoxy) is 1. The van der Waals surface area contributed by atoms with E-state index < -0.39 is 23.7 Å². The SMILES string of the molecule is Cc1ccc(-n2nc(C)c(C(=O)NNC(=O)C(C)Oc3ccc(F)cc3)n2)c(C)c1. The predicted octanol–water partition coefficient (Wildman–Crippen LogP) is 2.56. The van der Waals surface area contributed by atoms with Gasteiger partial charge >= 0.3 is 0 Å². The van der Waals surface area contributed by atoms with Gasteiger partial charge in [0.15, 0.2) is 11.8 Å². The van der Waals surface area contributed by atoms with Gasteiger partial charge in [0.25, 0.3) is 11.8 Å². The van der Waals surface area contributed by atoms with E-state index in [4.69, 9.17) is 4.74 Å². The van der Waals surface area contributed by atoms with Crippen LogP contribution < -0.4 is 15.6 Å². The molecule has 0 aliphatic carbocycles. The first kappa shape index (κ1) is 21.0. The van der Waals surface area contributed by atoms with Crippen LogP contribution in [0.2, 0.25) is 0 Å². The van der Waals surface area contributed by atoms with Crippen LogP contribution in [0.1, 0.15) is 34.2 Å². The Morgan fingerprint density at radius 3 is 2.40 bits per heavy atom. The van der Waals surface area contributed by atoms with Crippen LogP contribution in [0, 0.1) is 26.6 Å². The number of nitrogens with zero attached hydrogens (tertiary/aromatic N) is 3. The summed E-state index contributed by atoms with van der Waals surface area (Å²) in [6, 6.07) is 11.1. The molecular weight excluding hydrogens is 389 g/mol. The highest BCUT2D eigenvalue weighted by Gasteiger charge is 2.20. The summed E-state index contributed by atoms with van der Waals surface area (Å²) >= 11 is 0. The standard InChI is InChI=1S/C21H22FN5O3/c1-12-5-10-18(13(2)11-12)27-25-14(3)19(26-27)21(29)24-23-20(28)15(4)30-17-8-6-16(22)7-9-17/h5-11,15H,1-4H3,(H,23,28)(H,24,29). The molecule has 3 aromatic rings. The second-order valence-electron chi connectivity index (χ2n) is 6.87. The first-order valence-electron chi connectivity index (χ1n) is 9.28. The van der Waals surface area contributed by atoms with Gasteiger partial charge in [-0.15, -0.1) is 5.10 Å². The van der Waals surface area contributed by atoms with Gasteiger partial charge < -0.3 is 4.74 Å². The Morgan fingerprint density at radius 2 is 1.73 bits per heavy atom. The minimum atomic E-state index is -0.914. The zero-order valence-corrected chi connectivity index (χ0v) is 17.1. The number of halogens is 1. The second kappa shape index (κ2) is 8.73. The van der Waals surface area contributed by atoms with E-state index in [0.717, 1.165) is 16.8 Å². The topological polar surface area (TPSA) is 98.1 Å². The maximum atomic E-state index is 12.9. The molecule has 0 aliphatic heterocycles. The Kier molecular flexibility index (Phi) is 6.10. The number of carbonyl (C=O) groups is 2. The minimum absolute atomic E-state index is 0.0855. The van der Waals surface area contributed by atoms with E-state index in [-0.39, 0.29) is 5.69 Å². The molecule has 9 heteroatoms. The Hall–Kier alpha value is -3.75. The van der Waals surface area contributed by atoms with Gasteiger partial charge in [-0.25, -0.2) is 4.39 Å². The third kappa shape index (κ3) is 4.80. The van der Waals surface area contributed by atoms with Gasteiger partial charge in [-0.2, -0.15) is 9.90 Å². The molecule has 2 N–H and O–H groups in total. The maximum Gasteiger partial charge on any atom is 0.292 e. The van der Waals surface area contributed by atoms with Crippen molar-refractivity contribution >= 4 is 11.8 Å². The molecule has 1 atom stereocenters. The number of carbonyl (C=O) groups excluding carboxylic acids is 2. The van der Waals surface area contributed by atoms with E-state index in [1.54, 1.807) is 6.92 Å². The molecule has 2 amide bonds. The molecule has 156 valence electrons. The predicted molar refractivity (Wildman–Crippen MR) is 108 cm³/mol. The number of amides is 2. The van der Waals surface area contributed by atoms with Crippen molar-refractivity contribution in [3.8, 4) is 11.4 Å². The van der Waals surface area contributed by atoms with Gasteiger partial charge in [0.1, 0.15) is 11.6 Å². The van der Waals surface area contributed by atoms with Crippen molar-refractivity contribution < 1.29 is 18.7 Å². The number of hydrogen-bond donors (Lipinski definition) is 2. The molecule has 0 spiro atoms. The van der Waals surface area contributed by atoms with Crippen molar-refractivity contribution in [1.82, 2.24) is 25.8 Å². The van der Waals surface area contributed by atoms with Gasteiger partial charge in [0.2, 0.25) is 0 Å². The summed E-state index contributed by atoms with van der Waals surface area (Å²) in [5.41, 5.74) is 7.94. The third-order valence-corrected chi connectivity index (χ3v) is 4.36. The Labute approximate surface area is 173 Å². The molecule has 0 radical (unpaired) electrons. The smallest absolute Gasteiger partial charge is 0.292 e. The molecule has 0 aliphatic rings. The van der Waals surface area contributed by atoms with Gasteiger partial charge in [0, 0.05) is 0 Å². The summed E-state index contributed by atoms with van der Waals surface area (Å²) in [5, 5.41) is 8.54. The maximum absolute atomic E-state index is 12.9. The van der Waals surface area contributed by atoms with E-state index in [1.807, 2.05) is 32.0 Å². The molecular formula is C21H22FN5O3. The number of hydrazine groups is 1. The Morgan fingerprint density at radius 1 is 1.03 bits per heavy atom. The van der Waals surface area contributed by atoms with Gasteiger partial charge in [0.05, 0.1) is 11.4 Å². The monoisotopic (exact) mass is 411 g/mol. The number of hydrogen-bond acceptors (Lipinski definition) is 5. The van der Waals surface area contributed by atoms with Crippen LogP contribution >= 0.6 is 0 Å². The second-order valence-corrected chi connectivity index (χ2v) is 6.87. The number of rotatable bonds is 5. The molecule has 30 heavy (non-hydrogen) atoms. The molecule has 3 rings (SSSR count). The number of aryl methyl sites for hydroxylation is 3. The fourth-order valence-electron chi connectivity index (χ4n) is 2.78. The lowest BCUT2D eigenvalue weighted by Crippen LogP contribution is -2.47. The minimum Gasteiger partial charge on any atom is -0.481 e. The summed E-state index contributed by atoms with van der Waals surface area (Å²) < 4.78 is 18.4. The van der Waals surface area contributed by atoms with Crippen molar-refractivity contribution in [2.45, 2.75) is 33.8 Å². The van der Waals surface area contributed by atoms with Crippen LogP contribution in [-0.4, -0.2) is 32.9 Å². The average Bonchev–Trinajstić information content (AvgIpc) is 3.09. The van der Waals surface area contributed by atoms with Gasteiger partial charge in [-0.1, -0.05) is 17.7 Å². The summed E-state index contributed by atoms with van der Waals surface area (Å²) in [5.74, 6) is -1.26. The fourth-order valence-corrected chi connectivity index (χ4v) is 2.78. The van der Waals surface area contributed by atoms with Crippen molar-refractivity contribution in [2.75, 3.05) is 0 Å². The molecule has 0 fully saturated rings. The van der Waals surface area contributed by atoms with Gasteiger partial charge in [-0.05, 0) is 63.6 Å². The molecule has 0 saturated heterocycles. The summed E-state index contributed by atoms with van der Waals surface area (Å²) in [7, 11) is 0. The lowest BCUT2D eigenvalue weighted by atomic mass is 10.1. The van der Waals surface area contributed by atoms with Crippen LogP contribution in [0.4, 0.5) is 4.39 Å². The van der Waals surface area contributed by atoms with Crippen molar-refractivity contribution in [3.05, 3.63) is 70.8 Å². The first-order chi connectivity index (χ1) is 14.2. The number of aromatic nitrogens is 3. The average molecular weight is 411 g/mol. The van der Waals surface area contributed by atoms with Crippen LogP contribution in [0.25, 0.3) is 5.69 Å². The zero-order chi connectivity index (χ0) is 21.8. The van der Waals surface area contributed by atoms with Crippen LogP contribution in [0.3, 0.4) is 0 Å². The van der Waals surface area contributed by atoms with E-state index in [0.29, 0.717) is 11.4 Å². The van der Waals surface area contributed by atoms with Crippen LogP contribution in [0.5, 0.6) is 5.75 Å². The molecule has 2 aromatic carbocycles. The molecule has 0 saturated carbocycles.